The number of nitrogens with one attached hydrogen (secondary N) is 2. The maximum Gasteiger partial charge on any atom is 0.272 e. The molecule has 0 radical (unpaired) electrons. The van der Waals surface area contributed by atoms with Crippen LogP contribution < -0.4 is 15.4 Å². The van der Waals surface area contributed by atoms with Gasteiger partial charge in [0.05, 0.1) is 22.5 Å². The van der Waals surface area contributed by atoms with E-state index in [4.69, 9.17) is 4.74 Å². The first-order chi connectivity index (χ1) is 16.7. The minimum Gasteiger partial charge on any atom is -0.497 e. The molecular formula is C23H17BrN4O7. The molecule has 178 valence electrons. The van der Waals surface area contributed by atoms with Crippen LogP contribution in [0, 0.1) is 20.2 Å². The van der Waals surface area contributed by atoms with Gasteiger partial charge in [-0.25, -0.2) is 0 Å². The van der Waals surface area contributed by atoms with E-state index in [1.165, 1.54) is 67.8 Å². The molecule has 0 saturated carbocycles. The van der Waals surface area contributed by atoms with E-state index in [2.05, 4.69) is 26.6 Å². The zero-order chi connectivity index (χ0) is 25.5. The van der Waals surface area contributed by atoms with Crippen molar-refractivity contribution in [1.82, 2.24) is 5.32 Å². The monoisotopic (exact) mass is 540 g/mol. The molecule has 11 nitrogen and oxygen atoms in total. The SMILES string of the molecule is COc1ccc(Br)c(C(=O)N/C(=C/c2cccc([N+](=O)[O-])c2)C(=O)Nc2ccc([N+](=O)[O-])cc2)c1. The van der Waals surface area contributed by atoms with Crippen molar-refractivity contribution in [3.05, 3.63) is 108 Å². The maximum absolute atomic E-state index is 13.0. The van der Waals surface area contributed by atoms with Crippen LogP contribution in [0.4, 0.5) is 17.1 Å². The molecule has 0 heterocycles. The van der Waals surface area contributed by atoms with E-state index in [1.54, 1.807) is 12.1 Å². The van der Waals surface area contributed by atoms with E-state index in [0.717, 1.165) is 0 Å². The smallest absolute Gasteiger partial charge is 0.272 e. The highest BCUT2D eigenvalue weighted by molar-refractivity contribution is 9.10. The van der Waals surface area contributed by atoms with Gasteiger partial charge in [0, 0.05) is 34.4 Å². The standard InChI is InChI=1S/C23H17BrN4O7/c1-35-18-9-10-20(24)19(13-18)22(29)26-21(12-14-3-2-4-17(11-14)28(33)34)23(30)25-15-5-7-16(8-6-15)27(31)32/h2-13H,1H3,(H,25,30)(H,26,29)/b21-12+. The number of ether oxygens (including phenoxy) is 1. The molecule has 3 aromatic carbocycles. The number of benzene rings is 3. The second-order valence-electron chi connectivity index (χ2n) is 6.97. The second kappa shape index (κ2) is 11.0. The predicted molar refractivity (Wildman–Crippen MR) is 131 cm³/mol. The van der Waals surface area contributed by atoms with Crippen LogP contribution in [0.15, 0.2) is 76.9 Å². The molecule has 3 rings (SSSR count). The first-order valence-electron chi connectivity index (χ1n) is 9.85. The summed E-state index contributed by atoms with van der Waals surface area (Å²) in [7, 11) is 1.44. The number of nitrogens with zero attached hydrogens (tertiary/aromatic N) is 2. The Morgan fingerprint density at radius 2 is 1.63 bits per heavy atom. The van der Waals surface area contributed by atoms with Crippen molar-refractivity contribution in [3.8, 4) is 5.75 Å². The highest BCUT2D eigenvalue weighted by Gasteiger charge is 2.18. The lowest BCUT2D eigenvalue weighted by molar-refractivity contribution is -0.385. The Bertz CT molecular complexity index is 1340. The van der Waals surface area contributed by atoms with Gasteiger partial charge in [-0.05, 0) is 57.9 Å². The Labute approximate surface area is 206 Å². The van der Waals surface area contributed by atoms with E-state index >= 15 is 0 Å². The van der Waals surface area contributed by atoms with E-state index < -0.39 is 21.7 Å². The number of hydrogen-bond donors (Lipinski definition) is 2. The summed E-state index contributed by atoms with van der Waals surface area (Å²) in [6.45, 7) is 0. The van der Waals surface area contributed by atoms with Crippen molar-refractivity contribution in [2.75, 3.05) is 12.4 Å². The molecule has 2 N–H and O–H groups in total. The highest BCUT2D eigenvalue weighted by atomic mass is 79.9. The average molecular weight is 541 g/mol. The molecule has 12 heteroatoms. The number of amides is 2. The molecule has 0 saturated heterocycles. The highest BCUT2D eigenvalue weighted by Crippen LogP contribution is 2.23. The third kappa shape index (κ3) is 6.48. The summed E-state index contributed by atoms with van der Waals surface area (Å²) in [6.07, 6.45) is 1.28. The van der Waals surface area contributed by atoms with Gasteiger partial charge in [0.25, 0.3) is 23.2 Å². The maximum atomic E-state index is 13.0. The summed E-state index contributed by atoms with van der Waals surface area (Å²) in [5.41, 5.74) is 0.128. The van der Waals surface area contributed by atoms with Crippen LogP contribution in [0.2, 0.25) is 0 Å². The molecule has 2 amide bonds. The molecule has 0 aliphatic carbocycles. The Morgan fingerprint density at radius 1 is 0.943 bits per heavy atom. The molecule has 0 spiro atoms. The van der Waals surface area contributed by atoms with Crippen molar-refractivity contribution in [2.24, 2.45) is 0 Å². The second-order valence-corrected chi connectivity index (χ2v) is 7.82. The van der Waals surface area contributed by atoms with E-state index in [-0.39, 0.29) is 33.9 Å². The number of nitro groups is 2. The minimum atomic E-state index is -0.752. The first-order valence-corrected chi connectivity index (χ1v) is 10.6. The van der Waals surface area contributed by atoms with Crippen LogP contribution >= 0.6 is 15.9 Å². The molecule has 3 aromatic rings. The summed E-state index contributed by atoms with van der Waals surface area (Å²) < 4.78 is 5.59. The summed E-state index contributed by atoms with van der Waals surface area (Å²) in [6, 6.07) is 15.3. The fraction of sp³-hybridized carbons (Fsp3) is 0.0435. The molecule has 0 fully saturated rings. The number of hydrogen-bond acceptors (Lipinski definition) is 7. The normalized spacial score (nSPS) is 10.9. The Balaban J connectivity index is 1.95. The average Bonchev–Trinajstić information content (AvgIpc) is 2.84. The third-order valence-electron chi connectivity index (χ3n) is 4.64. The Morgan fingerprint density at radius 3 is 2.26 bits per heavy atom. The number of methoxy groups -OCH3 is 1. The number of halogens is 1. The number of carbonyl (C=O) groups excluding carboxylic acids is 2. The summed E-state index contributed by atoms with van der Waals surface area (Å²) >= 11 is 3.29. The van der Waals surface area contributed by atoms with Gasteiger partial charge in [-0.2, -0.15) is 0 Å². The molecular weight excluding hydrogens is 524 g/mol. The van der Waals surface area contributed by atoms with Crippen molar-refractivity contribution in [3.63, 3.8) is 0 Å². The van der Waals surface area contributed by atoms with E-state index in [1.807, 2.05) is 0 Å². The zero-order valence-electron chi connectivity index (χ0n) is 18.1. The Hall–Kier alpha value is -4.58. The van der Waals surface area contributed by atoms with E-state index in [0.29, 0.717) is 10.2 Å². The van der Waals surface area contributed by atoms with Crippen LogP contribution in [0.1, 0.15) is 15.9 Å². The topological polar surface area (TPSA) is 154 Å². The molecule has 0 atom stereocenters. The predicted octanol–water partition coefficient (Wildman–Crippen LogP) is 4.68. The fourth-order valence-corrected chi connectivity index (χ4v) is 3.34. The van der Waals surface area contributed by atoms with Gasteiger partial charge in [-0.15, -0.1) is 0 Å². The van der Waals surface area contributed by atoms with Crippen LogP contribution in [-0.4, -0.2) is 28.8 Å². The molecule has 0 unspecified atom stereocenters. The van der Waals surface area contributed by atoms with Gasteiger partial charge in [0.15, 0.2) is 0 Å². The number of anilines is 1. The molecule has 35 heavy (non-hydrogen) atoms. The molecule has 0 bridgehead atoms. The van der Waals surface area contributed by atoms with Crippen LogP contribution in [0.3, 0.4) is 0 Å². The van der Waals surface area contributed by atoms with E-state index in [9.17, 15) is 29.8 Å². The zero-order valence-corrected chi connectivity index (χ0v) is 19.6. The first kappa shape index (κ1) is 25.1. The minimum absolute atomic E-state index is 0.161. The van der Waals surface area contributed by atoms with Crippen molar-refractivity contribution < 1.29 is 24.2 Å². The van der Waals surface area contributed by atoms with Crippen molar-refractivity contribution in [1.29, 1.82) is 0 Å². The summed E-state index contributed by atoms with van der Waals surface area (Å²) in [5, 5.41) is 27.0. The number of carbonyl (C=O) groups is 2. The lowest BCUT2D eigenvalue weighted by Gasteiger charge is -2.13. The van der Waals surface area contributed by atoms with Crippen LogP contribution in [0.25, 0.3) is 6.08 Å². The van der Waals surface area contributed by atoms with Gasteiger partial charge in [-0.3, -0.25) is 29.8 Å². The van der Waals surface area contributed by atoms with Crippen LogP contribution in [-0.2, 0) is 4.79 Å². The fourth-order valence-electron chi connectivity index (χ4n) is 2.91. The third-order valence-corrected chi connectivity index (χ3v) is 5.33. The molecule has 0 aliphatic heterocycles. The Kier molecular flexibility index (Phi) is 7.89. The van der Waals surface area contributed by atoms with Gasteiger partial charge in [0.1, 0.15) is 11.4 Å². The lowest BCUT2D eigenvalue weighted by Crippen LogP contribution is -2.31. The summed E-state index contributed by atoms with van der Waals surface area (Å²) in [4.78, 5) is 46.8. The quantitative estimate of drug-likeness (QED) is 0.238. The lowest BCUT2D eigenvalue weighted by atomic mass is 10.1. The van der Waals surface area contributed by atoms with Crippen LogP contribution in [0.5, 0.6) is 5.75 Å². The number of rotatable bonds is 8. The number of non-ortho nitro benzene ring substituents is 2. The molecule has 0 aromatic heterocycles. The van der Waals surface area contributed by atoms with Gasteiger partial charge in [-0.1, -0.05) is 12.1 Å². The van der Waals surface area contributed by atoms with Gasteiger partial charge in [0.2, 0.25) is 0 Å². The largest absolute Gasteiger partial charge is 0.497 e. The van der Waals surface area contributed by atoms with Crippen molar-refractivity contribution >= 4 is 50.9 Å². The van der Waals surface area contributed by atoms with Gasteiger partial charge >= 0.3 is 0 Å². The molecule has 0 aliphatic rings. The van der Waals surface area contributed by atoms with Crippen molar-refractivity contribution in [2.45, 2.75) is 0 Å². The summed E-state index contributed by atoms with van der Waals surface area (Å²) in [5.74, 6) is -0.984. The number of nitro benzene ring substituents is 2. The van der Waals surface area contributed by atoms with Gasteiger partial charge < -0.3 is 15.4 Å².